The Morgan fingerprint density at radius 3 is 2.87 bits per heavy atom. The minimum Gasteiger partial charge on any atom is -0.255 e. The summed E-state index contributed by atoms with van der Waals surface area (Å²) in [5, 5.41) is 12.9. The van der Waals surface area contributed by atoms with E-state index in [4.69, 9.17) is 5.26 Å². The lowest BCUT2D eigenvalue weighted by Crippen LogP contribution is -1.91. The highest BCUT2D eigenvalue weighted by molar-refractivity contribution is 5.63. The maximum absolute atomic E-state index is 12.9. The van der Waals surface area contributed by atoms with E-state index in [1.807, 2.05) is 6.07 Å². The van der Waals surface area contributed by atoms with Crippen LogP contribution in [0.1, 0.15) is 5.56 Å². The van der Waals surface area contributed by atoms with Gasteiger partial charge < -0.3 is 0 Å². The maximum Gasteiger partial charge on any atom is 0.182 e. The van der Waals surface area contributed by atoms with Gasteiger partial charge in [0.1, 0.15) is 12.1 Å². The molecule has 0 N–H and O–H groups in total. The zero-order chi connectivity index (χ0) is 10.8. The van der Waals surface area contributed by atoms with Crippen molar-refractivity contribution < 1.29 is 4.39 Å². The van der Waals surface area contributed by atoms with Crippen molar-refractivity contribution in [1.82, 2.24) is 14.8 Å². The van der Waals surface area contributed by atoms with Gasteiger partial charge in [0, 0.05) is 12.6 Å². The zero-order valence-corrected chi connectivity index (χ0v) is 7.98. The third-order valence-electron chi connectivity index (χ3n) is 1.94. The molecular formula is C10H7FN4. The van der Waals surface area contributed by atoms with E-state index >= 15 is 0 Å². The van der Waals surface area contributed by atoms with Crippen LogP contribution in [0, 0.1) is 17.1 Å². The van der Waals surface area contributed by atoms with Gasteiger partial charge in [0.15, 0.2) is 5.82 Å². The van der Waals surface area contributed by atoms with E-state index in [2.05, 4.69) is 10.1 Å². The monoisotopic (exact) mass is 202 g/mol. The lowest BCUT2D eigenvalue weighted by Gasteiger charge is -1.98. The summed E-state index contributed by atoms with van der Waals surface area (Å²) in [6.45, 7) is 0. The lowest BCUT2D eigenvalue weighted by atomic mass is 10.1. The number of nitriles is 1. The van der Waals surface area contributed by atoms with Crippen LogP contribution in [0.4, 0.5) is 4.39 Å². The largest absolute Gasteiger partial charge is 0.255 e. The maximum atomic E-state index is 12.9. The van der Waals surface area contributed by atoms with Gasteiger partial charge in [-0.1, -0.05) is 0 Å². The first-order valence-electron chi connectivity index (χ1n) is 4.26. The van der Waals surface area contributed by atoms with Crippen molar-refractivity contribution in [3.63, 3.8) is 0 Å². The quantitative estimate of drug-likeness (QED) is 0.704. The van der Waals surface area contributed by atoms with Gasteiger partial charge in [-0.15, -0.1) is 0 Å². The van der Waals surface area contributed by atoms with E-state index < -0.39 is 5.82 Å². The Hall–Kier alpha value is -2.22. The van der Waals surface area contributed by atoms with Crippen LogP contribution in [0.3, 0.4) is 0 Å². The number of hydrogen-bond acceptors (Lipinski definition) is 3. The van der Waals surface area contributed by atoms with E-state index in [1.165, 1.54) is 29.2 Å². The number of halogens is 1. The average Bonchev–Trinajstić information content (AvgIpc) is 2.64. The summed E-state index contributed by atoms with van der Waals surface area (Å²) in [7, 11) is 1.73. The molecule has 0 unspecified atom stereocenters. The molecule has 0 aliphatic heterocycles. The van der Waals surface area contributed by atoms with Crippen molar-refractivity contribution in [2.75, 3.05) is 0 Å². The Morgan fingerprint density at radius 1 is 1.47 bits per heavy atom. The van der Waals surface area contributed by atoms with E-state index in [0.29, 0.717) is 11.4 Å². The van der Waals surface area contributed by atoms with E-state index in [-0.39, 0.29) is 5.56 Å². The zero-order valence-electron chi connectivity index (χ0n) is 7.98. The molecule has 2 aromatic rings. The summed E-state index contributed by atoms with van der Waals surface area (Å²) in [4.78, 5) is 4.00. The molecule has 2 rings (SSSR count). The van der Waals surface area contributed by atoms with Crippen molar-refractivity contribution in [2.45, 2.75) is 0 Å². The summed E-state index contributed by atoms with van der Waals surface area (Å²) in [5.41, 5.74) is 0.778. The smallest absolute Gasteiger partial charge is 0.182 e. The lowest BCUT2D eigenvalue weighted by molar-refractivity contribution is 0.627. The predicted molar refractivity (Wildman–Crippen MR) is 51.1 cm³/mol. The summed E-state index contributed by atoms with van der Waals surface area (Å²) in [6, 6.07) is 5.87. The van der Waals surface area contributed by atoms with Gasteiger partial charge in [-0.3, -0.25) is 4.68 Å². The van der Waals surface area contributed by atoms with Crippen LogP contribution < -0.4 is 0 Å². The molecule has 0 radical (unpaired) electrons. The van der Waals surface area contributed by atoms with Crippen LogP contribution in [0.2, 0.25) is 0 Å². The fraction of sp³-hybridized carbons (Fsp3) is 0.100. The number of hydrogen-bond donors (Lipinski definition) is 0. The molecule has 0 atom stereocenters. The molecule has 4 nitrogen and oxygen atoms in total. The average molecular weight is 202 g/mol. The molecular weight excluding hydrogens is 195 g/mol. The molecule has 15 heavy (non-hydrogen) atoms. The third-order valence-corrected chi connectivity index (χ3v) is 1.94. The Balaban J connectivity index is 2.58. The highest BCUT2D eigenvalue weighted by atomic mass is 19.1. The number of nitrogens with zero attached hydrogens (tertiary/aromatic N) is 4. The van der Waals surface area contributed by atoms with Gasteiger partial charge in [-0.25, -0.2) is 9.37 Å². The molecule has 0 bridgehead atoms. The summed E-state index contributed by atoms with van der Waals surface area (Å²) >= 11 is 0. The number of benzene rings is 1. The highest BCUT2D eigenvalue weighted by Crippen LogP contribution is 2.19. The van der Waals surface area contributed by atoms with Gasteiger partial charge >= 0.3 is 0 Å². The van der Waals surface area contributed by atoms with E-state index in [1.54, 1.807) is 7.05 Å². The van der Waals surface area contributed by atoms with E-state index in [9.17, 15) is 4.39 Å². The van der Waals surface area contributed by atoms with E-state index in [0.717, 1.165) is 0 Å². The van der Waals surface area contributed by atoms with Crippen molar-refractivity contribution in [3.8, 4) is 17.5 Å². The molecule has 0 spiro atoms. The summed E-state index contributed by atoms with van der Waals surface area (Å²) in [5.74, 6) is -0.0136. The molecule has 0 fully saturated rings. The van der Waals surface area contributed by atoms with Gasteiger partial charge in [0.05, 0.1) is 11.6 Å². The van der Waals surface area contributed by atoms with Gasteiger partial charge in [0.25, 0.3) is 0 Å². The van der Waals surface area contributed by atoms with Gasteiger partial charge in [-0.05, 0) is 18.2 Å². The van der Waals surface area contributed by atoms with Crippen LogP contribution in [-0.2, 0) is 7.05 Å². The molecule has 1 aromatic carbocycles. The van der Waals surface area contributed by atoms with Crippen molar-refractivity contribution >= 4 is 0 Å². The van der Waals surface area contributed by atoms with Crippen molar-refractivity contribution in [1.29, 1.82) is 5.26 Å². The molecule has 1 heterocycles. The second kappa shape index (κ2) is 3.50. The first kappa shape index (κ1) is 9.34. The first-order valence-corrected chi connectivity index (χ1v) is 4.26. The van der Waals surface area contributed by atoms with Crippen LogP contribution >= 0.6 is 0 Å². The predicted octanol–water partition coefficient (Wildman–Crippen LogP) is 1.49. The number of rotatable bonds is 1. The topological polar surface area (TPSA) is 54.5 Å². The SMILES string of the molecule is Cn1cnc(-c2ccc(F)cc2C#N)n1. The van der Waals surface area contributed by atoms with Gasteiger partial charge in [-0.2, -0.15) is 10.4 Å². The Kier molecular flexibility index (Phi) is 2.18. The normalized spacial score (nSPS) is 9.93. The Bertz CT molecular complexity index is 539. The van der Waals surface area contributed by atoms with Crippen LogP contribution in [0.25, 0.3) is 11.4 Å². The standard InChI is InChI=1S/C10H7FN4/c1-15-6-13-10(14-15)9-3-2-8(11)4-7(9)5-12/h2-4,6H,1H3. The number of aryl methyl sites for hydroxylation is 1. The molecule has 74 valence electrons. The van der Waals surface area contributed by atoms with Crippen molar-refractivity contribution in [2.24, 2.45) is 7.05 Å². The van der Waals surface area contributed by atoms with Crippen LogP contribution in [-0.4, -0.2) is 14.8 Å². The number of aromatic nitrogens is 3. The molecule has 0 aliphatic rings. The summed E-state index contributed by atoms with van der Waals surface area (Å²) in [6.07, 6.45) is 1.53. The second-order valence-corrected chi connectivity index (χ2v) is 3.04. The second-order valence-electron chi connectivity index (χ2n) is 3.04. The molecule has 0 aliphatic carbocycles. The minimum atomic E-state index is -0.439. The molecule has 1 aromatic heterocycles. The summed E-state index contributed by atoms with van der Waals surface area (Å²) < 4.78 is 14.4. The first-order chi connectivity index (χ1) is 7.20. The molecule has 0 amide bonds. The minimum absolute atomic E-state index is 0.237. The van der Waals surface area contributed by atoms with Gasteiger partial charge in [0.2, 0.25) is 0 Å². The van der Waals surface area contributed by atoms with Crippen LogP contribution in [0.5, 0.6) is 0 Å². The molecule has 0 saturated carbocycles. The molecule has 5 heteroatoms. The third kappa shape index (κ3) is 1.70. The molecule has 0 saturated heterocycles. The Morgan fingerprint density at radius 2 is 2.27 bits per heavy atom. The van der Waals surface area contributed by atoms with Crippen LogP contribution in [0.15, 0.2) is 24.5 Å². The fourth-order valence-electron chi connectivity index (χ4n) is 1.27. The van der Waals surface area contributed by atoms with Crippen molar-refractivity contribution in [3.05, 3.63) is 35.9 Å². The Labute approximate surface area is 85.6 Å². The highest BCUT2D eigenvalue weighted by Gasteiger charge is 2.09. The fourth-order valence-corrected chi connectivity index (χ4v) is 1.27.